The number of carbonyl (C=O) groups excluding carboxylic acids is 2. The molecule has 0 unspecified atom stereocenters. The smallest absolute Gasteiger partial charge is 0.280 e. The fourth-order valence-corrected chi connectivity index (χ4v) is 5.51. The molecule has 0 aliphatic carbocycles. The van der Waals surface area contributed by atoms with Gasteiger partial charge in [0.25, 0.3) is 5.91 Å². The number of nitrogens with zero attached hydrogens (tertiary/aromatic N) is 4. The maximum Gasteiger partial charge on any atom is 0.280 e. The molecule has 1 heterocycles. The van der Waals surface area contributed by atoms with Gasteiger partial charge in [0.1, 0.15) is 18.3 Å². The molecule has 1 aromatic heterocycles. The number of nitrogens with one attached hydrogen (secondary N) is 3. The molecule has 0 saturated heterocycles. The summed E-state index contributed by atoms with van der Waals surface area (Å²) in [6, 6.07) is 8.13. The van der Waals surface area contributed by atoms with Crippen LogP contribution in [-0.2, 0) is 17.6 Å². The molecule has 52 heavy (non-hydrogen) atoms. The van der Waals surface area contributed by atoms with Gasteiger partial charge in [-0.3, -0.25) is 25.2 Å². The summed E-state index contributed by atoms with van der Waals surface area (Å²) in [5, 5.41) is 58.0. The van der Waals surface area contributed by atoms with E-state index in [9.17, 15) is 30.0 Å². The summed E-state index contributed by atoms with van der Waals surface area (Å²) in [6.07, 6.45) is 1.98. The van der Waals surface area contributed by atoms with Crippen LogP contribution in [0.2, 0.25) is 5.15 Å². The molecule has 0 aliphatic rings. The van der Waals surface area contributed by atoms with Crippen molar-refractivity contribution in [3.63, 3.8) is 0 Å². The van der Waals surface area contributed by atoms with Gasteiger partial charge in [-0.2, -0.15) is 0 Å². The number of halogens is 1. The van der Waals surface area contributed by atoms with Crippen molar-refractivity contribution in [3.05, 3.63) is 46.2 Å². The number of amides is 2. The number of unbranched alkanes of at least 4 members (excludes halogenated alkanes) is 4. The van der Waals surface area contributed by atoms with Crippen molar-refractivity contribution in [1.29, 1.82) is 0 Å². The summed E-state index contributed by atoms with van der Waals surface area (Å²) in [7, 11) is 0. The number of aromatic nitrogens is 2. The van der Waals surface area contributed by atoms with Gasteiger partial charge in [-0.05, 0) is 62.9 Å². The largest absolute Gasteiger partial charge is 0.394 e. The second-order valence-electron chi connectivity index (χ2n) is 12.6. The number of benzene rings is 1. The van der Waals surface area contributed by atoms with Crippen LogP contribution in [0.3, 0.4) is 0 Å². The van der Waals surface area contributed by atoms with Crippen LogP contribution < -0.4 is 33.2 Å². The first-order valence-corrected chi connectivity index (χ1v) is 18.0. The molecule has 17 nitrogen and oxygen atoms in total. The van der Waals surface area contributed by atoms with E-state index in [1.165, 1.54) is 0 Å². The predicted molar refractivity (Wildman–Crippen MR) is 200 cm³/mol. The molecule has 5 atom stereocenters. The molecule has 0 fully saturated rings. The van der Waals surface area contributed by atoms with Gasteiger partial charge in [0.15, 0.2) is 28.4 Å². The zero-order valence-corrected chi connectivity index (χ0v) is 30.6. The zero-order chi connectivity index (χ0) is 38.5. The van der Waals surface area contributed by atoms with E-state index in [1.54, 1.807) is 0 Å². The van der Waals surface area contributed by atoms with Gasteiger partial charge in [0.2, 0.25) is 6.41 Å². The Morgan fingerprint density at radius 1 is 0.942 bits per heavy atom. The van der Waals surface area contributed by atoms with Gasteiger partial charge in [-0.1, -0.05) is 62.1 Å². The number of hydrogen-bond donors (Lipinski definition) is 11. The summed E-state index contributed by atoms with van der Waals surface area (Å²) in [4.78, 5) is 37.5. The van der Waals surface area contributed by atoms with Crippen molar-refractivity contribution >= 4 is 41.5 Å². The van der Waals surface area contributed by atoms with Crippen LogP contribution in [0.5, 0.6) is 0 Å². The van der Waals surface area contributed by atoms with Gasteiger partial charge in [-0.15, -0.1) is 0 Å². The SMILES string of the molecule is CCCCCCN(CCCN[C@@H](Cc1ccc(CCCCN=C(N)NC(=O)c2nc(Cl)c(N)nc2N)cc1)NC=O)C[C@H](O)[C@@H](O)[C@H](O)[C@H](O)CO. The fraction of sp³-hybridized carbons (Fsp3) is 0.618. The van der Waals surface area contributed by atoms with Gasteiger partial charge >= 0.3 is 0 Å². The number of aliphatic hydroxyl groups is 5. The minimum atomic E-state index is -1.67. The molecule has 0 bridgehead atoms. The molecule has 292 valence electrons. The zero-order valence-electron chi connectivity index (χ0n) is 29.8. The van der Waals surface area contributed by atoms with E-state index in [4.69, 9.17) is 33.9 Å². The topological polar surface area (TPSA) is 291 Å². The van der Waals surface area contributed by atoms with Crippen LogP contribution >= 0.6 is 11.6 Å². The summed E-state index contributed by atoms with van der Waals surface area (Å²) in [5.41, 5.74) is 19.0. The van der Waals surface area contributed by atoms with Crippen LogP contribution in [-0.4, -0.2) is 129 Å². The number of guanidine groups is 1. The van der Waals surface area contributed by atoms with Crippen LogP contribution in [0.4, 0.5) is 11.6 Å². The lowest BCUT2D eigenvalue weighted by Gasteiger charge is -2.30. The molecule has 2 rings (SSSR count). The molecule has 2 aromatic rings. The number of hydrogen-bond acceptors (Lipinski definition) is 14. The number of aliphatic imine (C=N–C) groups is 1. The first-order valence-electron chi connectivity index (χ1n) is 17.7. The fourth-order valence-electron chi connectivity index (χ4n) is 5.39. The third kappa shape index (κ3) is 16.3. The van der Waals surface area contributed by atoms with E-state index in [0.717, 1.165) is 56.1 Å². The molecule has 0 saturated carbocycles. The highest BCUT2D eigenvalue weighted by Gasteiger charge is 2.31. The average Bonchev–Trinajstić information content (AvgIpc) is 3.12. The molecule has 2 amide bonds. The van der Waals surface area contributed by atoms with Gasteiger partial charge in [-0.25, -0.2) is 9.97 Å². The Kier molecular flexibility index (Phi) is 21.0. The summed E-state index contributed by atoms with van der Waals surface area (Å²) in [6.45, 7) is 3.75. The van der Waals surface area contributed by atoms with Crippen molar-refractivity contribution in [2.45, 2.75) is 95.3 Å². The van der Waals surface area contributed by atoms with Crippen LogP contribution in [0.1, 0.15) is 73.5 Å². The quantitative estimate of drug-likeness (QED) is 0.0186. The minimum absolute atomic E-state index is 0.0819. The lowest BCUT2D eigenvalue weighted by molar-refractivity contribution is -0.119. The third-order valence-corrected chi connectivity index (χ3v) is 8.67. The highest BCUT2D eigenvalue weighted by atomic mass is 35.5. The normalized spacial score (nSPS) is 14.8. The number of nitrogen functional groups attached to an aromatic ring is 2. The Labute approximate surface area is 310 Å². The highest BCUT2D eigenvalue weighted by Crippen LogP contribution is 2.17. The number of nitrogens with two attached hydrogens (primary N) is 3. The van der Waals surface area contributed by atoms with E-state index < -0.39 is 36.9 Å². The Bertz CT molecular complexity index is 1370. The maximum absolute atomic E-state index is 12.4. The maximum atomic E-state index is 12.4. The lowest BCUT2D eigenvalue weighted by atomic mass is 10.0. The van der Waals surface area contributed by atoms with E-state index in [2.05, 4.69) is 37.8 Å². The number of aryl methyl sites for hydroxylation is 1. The second kappa shape index (κ2) is 24.5. The predicted octanol–water partition coefficient (Wildman–Crippen LogP) is -0.726. The molecule has 0 radical (unpaired) electrons. The molecule has 0 aliphatic heterocycles. The summed E-state index contributed by atoms with van der Waals surface area (Å²) >= 11 is 5.82. The molecular weight excluding hydrogens is 696 g/mol. The van der Waals surface area contributed by atoms with E-state index in [-0.39, 0.29) is 41.2 Å². The van der Waals surface area contributed by atoms with Crippen molar-refractivity contribution < 1.29 is 35.1 Å². The van der Waals surface area contributed by atoms with E-state index in [1.807, 2.05) is 29.2 Å². The first-order chi connectivity index (χ1) is 24.9. The van der Waals surface area contributed by atoms with Crippen molar-refractivity contribution in [1.82, 2.24) is 30.8 Å². The Hall–Kier alpha value is -3.68. The van der Waals surface area contributed by atoms with Crippen LogP contribution in [0.25, 0.3) is 0 Å². The summed E-state index contributed by atoms with van der Waals surface area (Å²) < 4.78 is 0. The Morgan fingerprint density at radius 2 is 1.62 bits per heavy atom. The van der Waals surface area contributed by atoms with E-state index in [0.29, 0.717) is 45.4 Å². The highest BCUT2D eigenvalue weighted by molar-refractivity contribution is 6.31. The van der Waals surface area contributed by atoms with Gasteiger partial charge in [0.05, 0.1) is 18.9 Å². The van der Waals surface area contributed by atoms with Crippen LogP contribution in [0, 0.1) is 0 Å². The average molecular weight is 753 g/mol. The Morgan fingerprint density at radius 3 is 2.29 bits per heavy atom. The first kappa shape index (κ1) is 44.5. The summed E-state index contributed by atoms with van der Waals surface area (Å²) in [5.74, 6) is -1.04. The number of rotatable bonds is 26. The monoisotopic (exact) mass is 752 g/mol. The molecule has 0 spiro atoms. The molecular formula is C34H57ClN10O7. The van der Waals surface area contributed by atoms with Crippen LogP contribution in [0.15, 0.2) is 29.3 Å². The van der Waals surface area contributed by atoms with Crippen molar-refractivity contribution in [3.8, 4) is 0 Å². The van der Waals surface area contributed by atoms with Crippen molar-refractivity contribution in [2.75, 3.05) is 50.8 Å². The molecule has 1 aromatic carbocycles. The lowest BCUT2D eigenvalue weighted by Crippen LogP contribution is -2.50. The Balaban J connectivity index is 1.79. The standard InChI is InChI=1S/C34H57ClN10O7/c1-2-3-4-7-16-45(19-24(48)28(50)29(51)25(49)20-46)17-8-15-39-26(41-21-47)18-23-12-10-22(11-13-23)9-5-6-14-40-34(38)44-33(52)27-31(36)43-32(37)30(35)42-27/h10-13,21,24-26,28-29,39,46,48-51H,2-9,14-20H2,1H3,(H,41,47)(H4,36,37,43)(H3,38,40,44,52)/t24-,25+,26+,28+,29+/m0/s1. The second-order valence-corrected chi connectivity index (χ2v) is 13.0. The van der Waals surface area contributed by atoms with Gasteiger partial charge < -0.3 is 53.0 Å². The molecule has 14 N–H and O–H groups in total. The molecule has 18 heteroatoms. The van der Waals surface area contributed by atoms with Crippen molar-refractivity contribution in [2.24, 2.45) is 10.7 Å². The number of carbonyl (C=O) groups is 2. The number of aliphatic hydroxyl groups excluding tert-OH is 5. The van der Waals surface area contributed by atoms with Gasteiger partial charge in [0, 0.05) is 19.5 Å². The minimum Gasteiger partial charge on any atom is -0.394 e. The third-order valence-electron chi connectivity index (χ3n) is 8.39. The number of anilines is 2. The van der Waals surface area contributed by atoms with E-state index >= 15 is 0 Å².